The summed E-state index contributed by atoms with van der Waals surface area (Å²) in [6, 6.07) is 7.87. The minimum Gasteiger partial charge on any atom is -0.497 e. The predicted molar refractivity (Wildman–Crippen MR) is 84.1 cm³/mol. The van der Waals surface area contributed by atoms with Gasteiger partial charge in [0.25, 0.3) is 0 Å². The zero-order chi connectivity index (χ0) is 15.2. The SMILES string of the molecule is COc1cccc(-n2ccnc2SCC(=O)NC(C)C)c1. The highest BCUT2D eigenvalue weighted by Gasteiger charge is 2.10. The van der Waals surface area contributed by atoms with E-state index in [-0.39, 0.29) is 11.9 Å². The van der Waals surface area contributed by atoms with Crippen molar-refractivity contribution in [3.8, 4) is 11.4 Å². The molecule has 0 saturated carbocycles. The van der Waals surface area contributed by atoms with Crippen molar-refractivity contribution in [2.45, 2.75) is 25.0 Å². The number of hydrogen-bond acceptors (Lipinski definition) is 4. The Hall–Kier alpha value is -1.95. The first-order valence-corrected chi connectivity index (χ1v) is 7.68. The van der Waals surface area contributed by atoms with Gasteiger partial charge in [-0.2, -0.15) is 0 Å². The molecule has 0 bridgehead atoms. The Kier molecular flexibility index (Phi) is 5.27. The third-order valence-corrected chi connectivity index (χ3v) is 3.69. The van der Waals surface area contributed by atoms with Crippen LogP contribution in [0.4, 0.5) is 0 Å². The van der Waals surface area contributed by atoms with Crippen LogP contribution in [0.2, 0.25) is 0 Å². The van der Waals surface area contributed by atoms with Gasteiger partial charge in [-0.25, -0.2) is 4.98 Å². The molecule has 21 heavy (non-hydrogen) atoms. The van der Waals surface area contributed by atoms with Gasteiger partial charge in [-0.05, 0) is 26.0 Å². The van der Waals surface area contributed by atoms with E-state index in [9.17, 15) is 4.79 Å². The number of imidazole rings is 1. The number of benzene rings is 1. The van der Waals surface area contributed by atoms with E-state index in [1.54, 1.807) is 13.3 Å². The number of thioether (sulfide) groups is 1. The summed E-state index contributed by atoms with van der Waals surface area (Å²) < 4.78 is 7.17. The van der Waals surface area contributed by atoms with Gasteiger partial charge in [0.05, 0.1) is 18.6 Å². The van der Waals surface area contributed by atoms with Crippen LogP contribution in [0.25, 0.3) is 5.69 Å². The summed E-state index contributed by atoms with van der Waals surface area (Å²) in [6.45, 7) is 3.89. The van der Waals surface area contributed by atoms with Gasteiger partial charge >= 0.3 is 0 Å². The van der Waals surface area contributed by atoms with Crippen molar-refractivity contribution >= 4 is 17.7 Å². The van der Waals surface area contributed by atoms with Crippen LogP contribution >= 0.6 is 11.8 Å². The van der Waals surface area contributed by atoms with Crippen LogP contribution < -0.4 is 10.1 Å². The van der Waals surface area contributed by atoms with Crippen molar-refractivity contribution in [3.05, 3.63) is 36.7 Å². The van der Waals surface area contributed by atoms with Crippen molar-refractivity contribution in [2.24, 2.45) is 0 Å². The molecule has 1 heterocycles. The highest BCUT2D eigenvalue weighted by Crippen LogP contribution is 2.22. The second-order valence-corrected chi connectivity index (χ2v) is 5.73. The number of rotatable bonds is 6. The van der Waals surface area contributed by atoms with Crippen molar-refractivity contribution in [1.29, 1.82) is 0 Å². The lowest BCUT2D eigenvalue weighted by atomic mass is 10.3. The molecule has 0 aliphatic rings. The third kappa shape index (κ3) is 4.26. The Morgan fingerprint density at radius 1 is 1.48 bits per heavy atom. The summed E-state index contributed by atoms with van der Waals surface area (Å²) in [6.07, 6.45) is 3.60. The molecule has 0 radical (unpaired) electrons. The van der Waals surface area contributed by atoms with E-state index in [0.29, 0.717) is 5.75 Å². The molecular formula is C15H19N3O2S. The number of aromatic nitrogens is 2. The highest BCUT2D eigenvalue weighted by molar-refractivity contribution is 7.99. The van der Waals surface area contributed by atoms with Crippen molar-refractivity contribution in [3.63, 3.8) is 0 Å². The van der Waals surface area contributed by atoms with Crippen molar-refractivity contribution in [1.82, 2.24) is 14.9 Å². The molecular weight excluding hydrogens is 286 g/mol. The number of ether oxygens (including phenoxy) is 1. The number of carbonyl (C=O) groups excluding carboxylic acids is 1. The van der Waals surface area contributed by atoms with Crippen LogP contribution in [0.5, 0.6) is 5.75 Å². The minimum atomic E-state index is 0.00944. The first-order chi connectivity index (χ1) is 10.1. The summed E-state index contributed by atoms with van der Waals surface area (Å²) in [4.78, 5) is 16.0. The van der Waals surface area contributed by atoms with Gasteiger partial charge in [0.1, 0.15) is 5.75 Å². The van der Waals surface area contributed by atoms with Crippen LogP contribution in [-0.4, -0.2) is 34.4 Å². The minimum absolute atomic E-state index is 0.00944. The van der Waals surface area contributed by atoms with Gasteiger partial charge in [-0.15, -0.1) is 0 Å². The van der Waals surface area contributed by atoms with Gasteiger partial charge in [0, 0.05) is 24.5 Å². The lowest BCUT2D eigenvalue weighted by Crippen LogP contribution is -2.31. The Morgan fingerprint density at radius 2 is 2.29 bits per heavy atom. The summed E-state index contributed by atoms with van der Waals surface area (Å²) in [5.41, 5.74) is 0.957. The molecule has 6 heteroatoms. The summed E-state index contributed by atoms with van der Waals surface area (Å²) in [5.74, 6) is 1.14. The first-order valence-electron chi connectivity index (χ1n) is 6.70. The lowest BCUT2D eigenvalue weighted by Gasteiger charge is -2.10. The van der Waals surface area contributed by atoms with E-state index in [1.807, 2.05) is 48.9 Å². The number of nitrogens with one attached hydrogen (secondary N) is 1. The molecule has 1 amide bonds. The van der Waals surface area contributed by atoms with Crippen LogP contribution in [0, 0.1) is 0 Å². The zero-order valence-corrected chi connectivity index (χ0v) is 13.2. The monoisotopic (exact) mass is 305 g/mol. The fraction of sp³-hybridized carbons (Fsp3) is 0.333. The number of carbonyl (C=O) groups is 1. The number of nitrogens with zero attached hydrogens (tertiary/aromatic N) is 2. The third-order valence-electron chi connectivity index (χ3n) is 2.72. The second kappa shape index (κ2) is 7.17. The van der Waals surface area contributed by atoms with E-state index < -0.39 is 0 Å². The Labute approximate surface area is 128 Å². The standard InChI is InChI=1S/C15H19N3O2S/c1-11(2)17-14(19)10-21-15-16-7-8-18(15)12-5-4-6-13(9-12)20-3/h4-9,11H,10H2,1-3H3,(H,17,19). The van der Waals surface area contributed by atoms with E-state index in [0.717, 1.165) is 16.6 Å². The fourth-order valence-electron chi connectivity index (χ4n) is 1.85. The van der Waals surface area contributed by atoms with E-state index in [4.69, 9.17) is 4.74 Å². The molecule has 1 aromatic heterocycles. The smallest absolute Gasteiger partial charge is 0.230 e. The molecule has 0 aliphatic carbocycles. The predicted octanol–water partition coefficient (Wildman–Crippen LogP) is 2.50. The van der Waals surface area contributed by atoms with Crippen molar-refractivity contribution < 1.29 is 9.53 Å². The second-order valence-electron chi connectivity index (χ2n) is 4.79. The highest BCUT2D eigenvalue weighted by atomic mass is 32.2. The maximum atomic E-state index is 11.7. The number of hydrogen-bond donors (Lipinski definition) is 1. The molecule has 1 N–H and O–H groups in total. The topological polar surface area (TPSA) is 56.2 Å². The largest absolute Gasteiger partial charge is 0.497 e. The van der Waals surface area contributed by atoms with E-state index >= 15 is 0 Å². The van der Waals surface area contributed by atoms with Crippen LogP contribution in [0.15, 0.2) is 41.8 Å². The molecule has 5 nitrogen and oxygen atoms in total. The van der Waals surface area contributed by atoms with E-state index in [2.05, 4.69) is 10.3 Å². The maximum Gasteiger partial charge on any atom is 0.230 e. The average molecular weight is 305 g/mol. The summed E-state index contributed by atoms with van der Waals surface area (Å²) in [7, 11) is 1.64. The quantitative estimate of drug-likeness (QED) is 0.833. The molecule has 112 valence electrons. The summed E-state index contributed by atoms with van der Waals surface area (Å²) >= 11 is 1.41. The van der Waals surface area contributed by atoms with Crippen LogP contribution in [0.1, 0.15) is 13.8 Å². The number of amides is 1. The zero-order valence-electron chi connectivity index (χ0n) is 12.4. The molecule has 0 fully saturated rings. The maximum absolute atomic E-state index is 11.7. The van der Waals surface area contributed by atoms with Crippen LogP contribution in [0.3, 0.4) is 0 Å². The molecule has 0 saturated heterocycles. The van der Waals surface area contributed by atoms with Gasteiger partial charge in [-0.3, -0.25) is 9.36 Å². The molecule has 0 spiro atoms. The average Bonchev–Trinajstić information content (AvgIpc) is 2.93. The molecule has 2 aromatic rings. The van der Waals surface area contributed by atoms with Gasteiger partial charge in [0.15, 0.2) is 5.16 Å². The van der Waals surface area contributed by atoms with E-state index in [1.165, 1.54) is 11.8 Å². The Morgan fingerprint density at radius 3 is 3.00 bits per heavy atom. The molecule has 0 unspecified atom stereocenters. The lowest BCUT2D eigenvalue weighted by molar-refractivity contribution is -0.119. The molecule has 0 aliphatic heterocycles. The van der Waals surface area contributed by atoms with Crippen LogP contribution in [-0.2, 0) is 4.79 Å². The number of methoxy groups -OCH3 is 1. The van der Waals surface area contributed by atoms with Gasteiger partial charge < -0.3 is 10.1 Å². The Balaban J connectivity index is 2.09. The fourth-order valence-corrected chi connectivity index (χ4v) is 2.63. The van der Waals surface area contributed by atoms with Crippen molar-refractivity contribution in [2.75, 3.05) is 12.9 Å². The first kappa shape index (κ1) is 15.4. The normalized spacial score (nSPS) is 10.7. The Bertz CT molecular complexity index is 610. The molecule has 2 rings (SSSR count). The molecule has 0 atom stereocenters. The summed E-state index contributed by atoms with van der Waals surface area (Å²) in [5, 5.41) is 3.65. The van der Waals surface area contributed by atoms with Gasteiger partial charge in [0.2, 0.25) is 5.91 Å². The van der Waals surface area contributed by atoms with Gasteiger partial charge in [-0.1, -0.05) is 17.8 Å². The molecule has 1 aromatic carbocycles.